The largest absolute Gasteiger partial charge is 0.480 e. The molecule has 4 nitrogen and oxygen atoms in total. The molecule has 0 bridgehead atoms. The summed E-state index contributed by atoms with van der Waals surface area (Å²) in [6.45, 7) is 8.06. The lowest BCUT2D eigenvalue weighted by molar-refractivity contribution is -0.198. The molecule has 0 aromatic heterocycles. The molecule has 0 aromatic rings. The summed E-state index contributed by atoms with van der Waals surface area (Å²) in [5.74, 6) is 3.44. The second-order valence-corrected chi connectivity index (χ2v) is 12.8. The second kappa shape index (κ2) is 7.72. The molecule has 0 saturated heterocycles. The van der Waals surface area contributed by atoms with Gasteiger partial charge in [0.15, 0.2) is 0 Å². The number of carboxylic acid groups (broad SMARTS) is 1. The van der Waals surface area contributed by atoms with Crippen molar-refractivity contribution in [1.82, 2.24) is 0 Å². The fourth-order valence-electron chi connectivity index (χ4n) is 10.6. The number of carboxylic acids is 1. The zero-order valence-corrected chi connectivity index (χ0v) is 19.9. The van der Waals surface area contributed by atoms with Gasteiger partial charge in [0, 0.05) is 0 Å². The van der Waals surface area contributed by atoms with E-state index in [0.717, 1.165) is 30.1 Å². The van der Waals surface area contributed by atoms with Crippen LogP contribution in [0.25, 0.3) is 0 Å². The highest BCUT2D eigenvalue weighted by Crippen LogP contribution is 2.71. The molecule has 0 aliphatic heterocycles. The first-order chi connectivity index (χ1) is 14.7. The maximum absolute atomic E-state index is 11.0. The van der Waals surface area contributed by atoms with Crippen molar-refractivity contribution >= 4 is 5.97 Å². The fourth-order valence-corrected chi connectivity index (χ4v) is 10.6. The lowest BCUT2D eigenvalue weighted by Crippen LogP contribution is -2.61. The number of hydrogen-bond acceptors (Lipinski definition) is 3. The average molecular weight is 433 g/mol. The van der Waals surface area contributed by atoms with Gasteiger partial charge in [-0.25, -0.2) is 4.79 Å². The van der Waals surface area contributed by atoms with Crippen LogP contribution in [0.1, 0.15) is 91.4 Å². The number of ether oxygens (including phenoxy) is 1. The molecule has 10 unspecified atom stereocenters. The van der Waals surface area contributed by atoms with Crippen LogP contribution >= 0.6 is 0 Å². The Morgan fingerprint density at radius 3 is 2.39 bits per heavy atom. The molecule has 10 atom stereocenters. The molecule has 5 saturated carbocycles. The van der Waals surface area contributed by atoms with Crippen LogP contribution in [0.2, 0.25) is 0 Å². The quantitative estimate of drug-likeness (QED) is 0.613. The number of aliphatic carboxylic acids is 1. The van der Waals surface area contributed by atoms with Gasteiger partial charge in [0.05, 0.1) is 12.7 Å². The van der Waals surface area contributed by atoms with Crippen molar-refractivity contribution in [2.75, 3.05) is 13.2 Å². The molecule has 4 heteroatoms. The van der Waals surface area contributed by atoms with Crippen molar-refractivity contribution in [1.29, 1.82) is 0 Å². The predicted molar refractivity (Wildman–Crippen MR) is 121 cm³/mol. The van der Waals surface area contributed by atoms with Crippen molar-refractivity contribution < 1.29 is 19.7 Å². The Balaban J connectivity index is 1.38. The second-order valence-electron chi connectivity index (χ2n) is 12.8. The van der Waals surface area contributed by atoms with Crippen molar-refractivity contribution in [2.45, 2.75) is 97.5 Å². The summed E-state index contributed by atoms with van der Waals surface area (Å²) in [6, 6.07) is 0. The minimum Gasteiger partial charge on any atom is -0.480 e. The summed E-state index contributed by atoms with van der Waals surface area (Å²) in [4.78, 5) is 11.0. The summed E-state index contributed by atoms with van der Waals surface area (Å²) in [5, 5.41) is 19.6. The number of aliphatic hydroxyl groups excluding tert-OH is 1. The first-order valence-electron chi connectivity index (χ1n) is 13.2. The zero-order chi connectivity index (χ0) is 22.0. The molecule has 5 aliphatic rings. The van der Waals surface area contributed by atoms with E-state index in [-0.39, 0.29) is 18.1 Å². The molecular weight excluding hydrogens is 388 g/mol. The van der Waals surface area contributed by atoms with E-state index in [9.17, 15) is 9.90 Å². The summed E-state index contributed by atoms with van der Waals surface area (Å²) >= 11 is 0. The number of carbonyl (C=O) groups is 1. The molecule has 0 amide bonds. The molecule has 0 aromatic carbocycles. The maximum atomic E-state index is 11.0. The number of hydrogen-bond donors (Lipinski definition) is 2. The van der Waals surface area contributed by atoms with Gasteiger partial charge in [-0.15, -0.1) is 0 Å². The van der Waals surface area contributed by atoms with Crippen molar-refractivity contribution in [3.63, 3.8) is 0 Å². The van der Waals surface area contributed by atoms with Crippen LogP contribution in [0, 0.1) is 51.8 Å². The highest BCUT2D eigenvalue weighted by atomic mass is 16.5. The van der Waals surface area contributed by atoms with Gasteiger partial charge in [0.25, 0.3) is 0 Å². The Morgan fingerprint density at radius 1 is 0.903 bits per heavy atom. The van der Waals surface area contributed by atoms with E-state index in [1.165, 1.54) is 64.2 Å². The van der Waals surface area contributed by atoms with E-state index in [2.05, 4.69) is 20.8 Å². The normalized spacial score (nSPS) is 53.7. The summed E-state index contributed by atoms with van der Waals surface area (Å²) in [7, 11) is 0. The highest BCUT2D eigenvalue weighted by molar-refractivity contribution is 5.68. The van der Waals surface area contributed by atoms with E-state index in [0.29, 0.717) is 29.3 Å². The van der Waals surface area contributed by atoms with Crippen LogP contribution in [0.4, 0.5) is 0 Å². The van der Waals surface area contributed by atoms with Crippen molar-refractivity contribution in [2.24, 2.45) is 51.8 Å². The molecule has 0 heterocycles. The predicted octanol–water partition coefficient (Wildman–Crippen LogP) is 5.52. The van der Waals surface area contributed by atoms with Crippen molar-refractivity contribution in [3.8, 4) is 0 Å². The highest BCUT2D eigenvalue weighted by Gasteiger charge is 2.64. The molecule has 0 spiro atoms. The smallest absolute Gasteiger partial charge is 0.329 e. The third-order valence-corrected chi connectivity index (χ3v) is 11.9. The Hall–Kier alpha value is -0.610. The Labute approximate surface area is 188 Å². The van der Waals surface area contributed by atoms with Crippen LogP contribution in [-0.4, -0.2) is 35.5 Å². The van der Waals surface area contributed by atoms with Crippen LogP contribution in [0.15, 0.2) is 0 Å². The Morgan fingerprint density at radius 2 is 1.61 bits per heavy atom. The SMILES string of the molecule is CC1C(O)CCC2(C)C1CCC1(C)C3CCC4(COCC(=O)O)CCCC4C3CCC21. The van der Waals surface area contributed by atoms with Gasteiger partial charge >= 0.3 is 5.97 Å². The van der Waals surface area contributed by atoms with E-state index in [4.69, 9.17) is 9.84 Å². The molecule has 31 heavy (non-hydrogen) atoms. The van der Waals surface area contributed by atoms with Crippen molar-refractivity contribution in [3.05, 3.63) is 0 Å². The van der Waals surface area contributed by atoms with Gasteiger partial charge < -0.3 is 14.9 Å². The van der Waals surface area contributed by atoms with Gasteiger partial charge in [-0.1, -0.05) is 27.2 Å². The molecule has 2 N–H and O–H groups in total. The van der Waals surface area contributed by atoms with Gasteiger partial charge in [0.2, 0.25) is 0 Å². The van der Waals surface area contributed by atoms with Crippen LogP contribution in [0.3, 0.4) is 0 Å². The minimum absolute atomic E-state index is 0.0987. The Bertz CT molecular complexity index is 707. The maximum Gasteiger partial charge on any atom is 0.329 e. The standard InChI is InChI=1S/C27H44O4/c1-17-19-8-12-26(3)20-9-14-27(16-31-15-24(29)30)11-4-5-21(27)18(20)6-7-23(26)25(19,2)13-10-22(17)28/h17-23,28H,4-16H2,1-3H3,(H,29,30). The first-order valence-corrected chi connectivity index (χ1v) is 13.2. The minimum atomic E-state index is -0.843. The molecule has 5 aliphatic carbocycles. The van der Waals surface area contributed by atoms with Gasteiger partial charge in [-0.3, -0.25) is 0 Å². The molecule has 176 valence electrons. The summed E-state index contributed by atoms with van der Waals surface area (Å²) in [6.07, 6.45) is 13.8. The average Bonchev–Trinajstić information content (AvgIpc) is 3.15. The fraction of sp³-hybridized carbons (Fsp3) is 0.963. The topological polar surface area (TPSA) is 66.8 Å². The lowest BCUT2D eigenvalue weighted by atomic mass is 9.37. The third-order valence-electron chi connectivity index (χ3n) is 11.9. The van der Waals surface area contributed by atoms with Crippen LogP contribution in [-0.2, 0) is 9.53 Å². The number of aliphatic hydroxyl groups is 1. The van der Waals surface area contributed by atoms with E-state index in [1.807, 2.05) is 0 Å². The van der Waals surface area contributed by atoms with Gasteiger partial charge in [-0.2, -0.15) is 0 Å². The first kappa shape index (κ1) is 22.2. The summed E-state index contributed by atoms with van der Waals surface area (Å²) < 4.78 is 5.74. The molecular formula is C27H44O4. The molecule has 0 radical (unpaired) electrons. The zero-order valence-electron chi connectivity index (χ0n) is 19.9. The number of fused-ring (bicyclic) bond motifs is 7. The van der Waals surface area contributed by atoms with Crippen LogP contribution < -0.4 is 0 Å². The van der Waals surface area contributed by atoms with Gasteiger partial charge in [-0.05, 0) is 116 Å². The van der Waals surface area contributed by atoms with Gasteiger partial charge in [0.1, 0.15) is 6.61 Å². The molecule has 5 rings (SSSR count). The monoisotopic (exact) mass is 432 g/mol. The van der Waals surface area contributed by atoms with E-state index in [1.54, 1.807) is 0 Å². The number of rotatable bonds is 4. The lowest BCUT2D eigenvalue weighted by Gasteiger charge is -2.67. The third kappa shape index (κ3) is 3.25. The molecule has 5 fully saturated rings. The van der Waals surface area contributed by atoms with Crippen LogP contribution in [0.5, 0.6) is 0 Å². The Kier molecular flexibility index (Phi) is 5.53. The van der Waals surface area contributed by atoms with E-state index >= 15 is 0 Å². The van der Waals surface area contributed by atoms with E-state index < -0.39 is 5.97 Å². The summed E-state index contributed by atoms with van der Waals surface area (Å²) in [5.41, 5.74) is 1.07.